The van der Waals surface area contributed by atoms with Gasteiger partial charge in [-0.15, -0.1) is 0 Å². The van der Waals surface area contributed by atoms with Crippen LogP contribution in [-0.4, -0.2) is 70.1 Å². The van der Waals surface area contributed by atoms with E-state index in [0.29, 0.717) is 24.4 Å². The van der Waals surface area contributed by atoms with Crippen LogP contribution >= 0.6 is 0 Å². The first-order chi connectivity index (χ1) is 11.6. The highest BCUT2D eigenvalue weighted by molar-refractivity contribution is 5.87. The topological polar surface area (TPSA) is 120 Å². The number of rotatable bonds is 5. The predicted octanol–water partition coefficient (Wildman–Crippen LogP) is 0.605. The van der Waals surface area contributed by atoms with E-state index in [1.54, 1.807) is 27.7 Å². The third kappa shape index (κ3) is 4.95. The SMILES string of the molecule is C[C@H](CONC(=O)[C@@H]1CC[C@@H]2CN1C(=O)N2O)NC(=O)OC(C)(C)C. The standard InChI is InChI=1S/C15H26N4O6/c1-9(16-13(21)25-15(2,3)4)8-24-17-12(20)11-6-5-10-7-18(11)14(22)19(10)23/h9-11,23H,5-8H2,1-4H3,(H,16,21)(H,17,20)/t9-,10-,11+/m1/s1. The van der Waals surface area contributed by atoms with E-state index >= 15 is 0 Å². The van der Waals surface area contributed by atoms with E-state index in [0.717, 1.165) is 0 Å². The van der Waals surface area contributed by atoms with Gasteiger partial charge in [-0.2, -0.15) is 0 Å². The number of alkyl carbamates (subject to hydrolysis) is 1. The average Bonchev–Trinajstić information content (AvgIpc) is 2.70. The molecular weight excluding hydrogens is 332 g/mol. The van der Waals surface area contributed by atoms with Crippen molar-refractivity contribution in [3.63, 3.8) is 0 Å². The Kier molecular flexibility index (Phi) is 5.73. The van der Waals surface area contributed by atoms with Gasteiger partial charge in [-0.25, -0.2) is 20.1 Å². The maximum atomic E-state index is 12.2. The molecule has 3 N–H and O–H groups in total. The maximum absolute atomic E-state index is 12.2. The van der Waals surface area contributed by atoms with Gasteiger partial charge < -0.3 is 15.0 Å². The monoisotopic (exact) mass is 358 g/mol. The minimum atomic E-state index is -0.671. The van der Waals surface area contributed by atoms with Crippen molar-refractivity contribution in [1.29, 1.82) is 0 Å². The summed E-state index contributed by atoms with van der Waals surface area (Å²) in [5, 5.41) is 12.9. The van der Waals surface area contributed by atoms with Gasteiger partial charge in [0, 0.05) is 6.54 Å². The minimum absolute atomic E-state index is 0.0421. The summed E-state index contributed by atoms with van der Waals surface area (Å²) in [6, 6.07) is -1.87. The second-order valence-corrected chi connectivity index (χ2v) is 7.35. The van der Waals surface area contributed by atoms with Crippen LogP contribution in [-0.2, 0) is 14.4 Å². The highest BCUT2D eigenvalue weighted by atomic mass is 16.7. The summed E-state index contributed by atoms with van der Waals surface area (Å²) in [6.07, 6.45) is 0.431. The Labute approximate surface area is 146 Å². The van der Waals surface area contributed by atoms with Crippen molar-refractivity contribution in [2.45, 2.75) is 64.3 Å². The third-order valence-corrected chi connectivity index (χ3v) is 3.92. The molecule has 2 saturated heterocycles. The molecule has 0 spiro atoms. The van der Waals surface area contributed by atoms with Crippen LogP contribution in [0.4, 0.5) is 9.59 Å². The average molecular weight is 358 g/mol. The van der Waals surface area contributed by atoms with Crippen LogP contribution < -0.4 is 10.8 Å². The summed E-state index contributed by atoms with van der Waals surface area (Å²) < 4.78 is 5.12. The van der Waals surface area contributed by atoms with Gasteiger partial charge in [0.1, 0.15) is 11.6 Å². The van der Waals surface area contributed by atoms with Gasteiger partial charge >= 0.3 is 12.1 Å². The van der Waals surface area contributed by atoms with E-state index in [4.69, 9.17) is 9.57 Å². The number of piperidine rings is 1. The normalized spacial score (nSPS) is 24.1. The summed E-state index contributed by atoms with van der Waals surface area (Å²) in [4.78, 5) is 42.1. The molecule has 2 rings (SSSR count). The highest BCUT2D eigenvalue weighted by Gasteiger charge is 2.46. The quantitative estimate of drug-likeness (QED) is 0.489. The zero-order valence-electron chi connectivity index (χ0n) is 14.9. The van der Waals surface area contributed by atoms with Crippen LogP contribution in [0.25, 0.3) is 0 Å². The molecule has 25 heavy (non-hydrogen) atoms. The first-order valence-electron chi connectivity index (χ1n) is 8.28. The Morgan fingerprint density at radius 1 is 1.36 bits per heavy atom. The van der Waals surface area contributed by atoms with Gasteiger partial charge in [-0.1, -0.05) is 0 Å². The lowest BCUT2D eigenvalue weighted by molar-refractivity contribution is -0.139. The fourth-order valence-electron chi connectivity index (χ4n) is 2.78. The molecule has 0 radical (unpaired) electrons. The first kappa shape index (κ1) is 19.3. The number of ether oxygens (including phenoxy) is 1. The molecule has 0 aromatic rings. The summed E-state index contributed by atoms with van der Waals surface area (Å²) in [6.45, 7) is 7.35. The van der Waals surface area contributed by atoms with Crippen LogP contribution in [0.15, 0.2) is 0 Å². The first-order valence-corrected chi connectivity index (χ1v) is 8.28. The van der Waals surface area contributed by atoms with Gasteiger partial charge in [-0.05, 0) is 40.5 Å². The molecule has 2 fully saturated rings. The smallest absolute Gasteiger partial charge is 0.407 e. The number of amides is 4. The molecule has 2 aliphatic heterocycles. The summed E-state index contributed by atoms with van der Waals surface area (Å²) in [5.41, 5.74) is 1.70. The van der Waals surface area contributed by atoms with Crippen LogP contribution in [0, 0.1) is 0 Å². The van der Waals surface area contributed by atoms with Crippen molar-refractivity contribution in [3.8, 4) is 0 Å². The molecule has 0 aromatic heterocycles. The van der Waals surface area contributed by atoms with Crippen molar-refractivity contribution in [1.82, 2.24) is 20.8 Å². The molecular formula is C15H26N4O6. The summed E-state index contributed by atoms with van der Waals surface area (Å²) in [5.74, 6) is -0.452. The van der Waals surface area contributed by atoms with Crippen LogP contribution in [0.3, 0.4) is 0 Å². The Hall–Kier alpha value is -2.07. The molecule has 2 heterocycles. The molecule has 142 valence electrons. The molecule has 0 aromatic carbocycles. The second-order valence-electron chi connectivity index (χ2n) is 7.35. The number of carbonyl (C=O) groups is 3. The number of hydrogen-bond donors (Lipinski definition) is 3. The molecule has 2 aliphatic rings. The van der Waals surface area contributed by atoms with Crippen molar-refractivity contribution < 1.29 is 29.2 Å². The van der Waals surface area contributed by atoms with Crippen molar-refractivity contribution in [2.24, 2.45) is 0 Å². The van der Waals surface area contributed by atoms with Gasteiger partial charge in [-0.3, -0.25) is 14.8 Å². The third-order valence-electron chi connectivity index (χ3n) is 3.92. The largest absolute Gasteiger partial charge is 0.444 e. The fraction of sp³-hybridized carbons (Fsp3) is 0.800. The molecule has 0 saturated carbocycles. The van der Waals surface area contributed by atoms with Gasteiger partial charge in [0.15, 0.2) is 0 Å². The molecule has 10 heteroatoms. The van der Waals surface area contributed by atoms with E-state index in [-0.39, 0.29) is 18.7 Å². The molecule has 4 amide bonds. The van der Waals surface area contributed by atoms with Crippen molar-refractivity contribution in [2.75, 3.05) is 13.2 Å². The fourth-order valence-corrected chi connectivity index (χ4v) is 2.78. The molecule has 3 atom stereocenters. The Bertz CT molecular complexity index is 535. The lowest BCUT2D eigenvalue weighted by atomic mass is 10.0. The van der Waals surface area contributed by atoms with Gasteiger partial charge in [0.2, 0.25) is 0 Å². The minimum Gasteiger partial charge on any atom is -0.444 e. The van der Waals surface area contributed by atoms with Crippen LogP contribution in [0.2, 0.25) is 0 Å². The number of hydroxylamine groups is 3. The Morgan fingerprint density at radius 3 is 2.68 bits per heavy atom. The van der Waals surface area contributed by atoms with E-state index < -0.39 is 29.7 Å². The van der Waals surface area contributed by atoms with E-state index in [1.165, 1.54) is 4.90 Å². The maximum Gasteiger partial charge on any atom is 0.407 e. The molecule has 10 nitrogen and oxygen atoms in total. The molecule has 0 aliphatic carbocycles. The van der Waals surface area contributed by atoms with Crippen molar-refractivity contribution in [3.05, 3.63) is 0 Å². The van der Waals surface area contributed by atoms with Gasteiger partial charge in [0.05, 0.1) is 18.7 Å². The van der Waals surface area contributed by atoms with E-state index in [1.807, 2.05) is 0 Å². The zero-order valence-corrected chi connectivity index (χ0v) is 14.9. The summed E-state index contributed by atoms with van der Waals surface area (Å²) in [7, 11) is 0. The number of hydrogen-bond acceptors (Lipinski definition) is 6. The van der Waals surface area contributed by atoms with Crippen molar-refractivity contribution >= 4 is 18.0 Å². The number of urea groups is 1. The number of nitrogens with zero attached hydrogens (tertiary/aromatic N) is 2. The number of nitrogens with one attached hydrogen (secondary N) is 2. The zero-order chi connectivity index (χ0) is 18.8. The number of fused-ring (bicyclic) bond motifs is 2. The van der Waals surface area contributed by atoms with Crippen LogP contribution in [0.5, 0.6) is 0 Å². The lowest BCUT2D eigenvalue weighted by Gasteiger charge is -2.29. The number of carbonyl (C=O) groups excluding carboxylic acids is 3. The summed E-state index contributed by atoms with van der Waals surface area (Å²) >= 11 is 0. The molecule has 0 unspecified atom stereocenters. The molecule has 2 bridgehead atoms. The van der Waals surface area contributed by atoms with Crippen LogP contribution in [0.1, 0.15) is 40.5 Å². The Morgan fingerprint density at radius 2 is 2.04 bits per heavy atom. The lowest BCUT2D eigenvalue weighted by Crippen LogP contribution is -2.50. The van der Waals surface area contributed by atoms with Gasteiger partial charge in [0.25, 0.3) is 5.91 Å². The second kappa shape index (κ2) is 7.44. The van der Waals surface area contributed by atoms with E-state index in [2.05, 4.69) is 10.8 Å². The predicted molar refractivity (Wildman–Crippen MR) is 85.5 cm³/mol. The van der Waals surface area contributed by atoms with E-state index in [9.17, 15) is 19.6 Å². The Balaban J connectivity index is 1.72. The highest BCUT2D eigenvalue weighted by Crippen LogP contribution is 2.28.